The number of fused-ring (bicyclic) bond motifs is 5. The van der Waals surface area contributed by atoms with Crippen LogP contribution in [0.4, 0.5) is 5.82 Å². The lowest BCUT2D eigenvalue weighted by atomic mass is 10.0. The zero-order valence-electron chi connectivity index (χ0n) is 9.50. The van der Waals surface area contributed by atoms with E-state index in [4.69, 9.17) is 5.26 Å². The van der Waals surface area contributed by atoms with Gasteiger partial charge in [-0.15, -0.1) is 0 Å². The van der Waals surface area contributed by atoms with Crippen LogP contribution in [0, 0.1) is 35.0 Å². The van der Waals surface area contributed by atoms with Gasteiger partial charge in [0.15, 0.2) is 5.69 Å². The summed E-state index contributed by atoms with van der Waals surface area (Å²) in [6, 6.07) is 2.61. The molecule has 3 aliphatic rings. The highest BCUT2D eigenvalue weighted by Gasteiger charge is 2.65. The standard InChI is InChI=1S/C13H14N4/c14-4-9-5-16-10(6-15-9)17-13-11-7-1-2-8(3-7)12(11)13/h5-8,11-13H,1-3H2,(H,16,17). The van der Waals surface area contributed by atoms with E-state index in [9.17, 15) is 0 Å². The fourth-order valence-corrected chi connectivity index (χ4v) is 4.15. The van der Waals surface area contributed by atoms with Crippen molar-refractivity contribution in [2.45, 2.75) is 25.3 Å². The van der Waals surface area contributed by atoms with Crippen LogP contribution in [0.3, 0.4) is 0 Å². The number of aromatic nitrogens is 2. The zero-order chi connectivity index (χ0) is 11.4. The second-order valence-electron chi connectivity index (χ2n) is 5.56. The van der Waals surface area contributed by atoms with Gasteiger partial charge in [-0.05, 0) is 42.9 Å². The first kappa shape index (κ1) is 9.41. The fraction of sp³-hybridized carbons (Fsp3) is 0.615. The molecule has 0 saturated heterocycles. The minimum Gasteiger partial charge on any atom is -0.365 e. The molecule has 1 N–H and O–H groups in total. The summed E-state index contributed by atoms with van der Waals surface area (Å²) in [6.45, 7) is 0. The maximum absolute atomic E-state index is 8.66. The Hall–Kier alpha value is -1.63. The van der Waals surface area contributed by atoms with Gasteiger partial charge in [-0.3, -0.25) is 0 Å². The average Bonchev–Trinajstić information content (AvgIpc) is 2.76. The second-order valence-corrected chi connectivity index (χ2v) is 5.56. The SMILES string of the molecule is N#Cc1cnc(NC2C3C4CCC(C4)C23)cn1. The van der Waals surface area contributed by atoms with Crippen LogP contribution >= 0.6 is 0 Å². The third-order valence-electron chi connectivity index (χ3n) is 4.82. The smallest absolute Gasteiger partial charge is 0.158 e. The Bertz CT molecular complexity index is 473. The van der Waals surface area contributed by atoms with Crippen molar-refractivity contribution in [3.63, 3.8) is 0 Å². The highest BCUT2D eigenvalue weighted by Crippen LogP contribution is 2.66. The largest absolute Gasteiger partial charge is 0.365 e. The van der Waals surface area contributed by atoms with Crippen LogP contribution in [0.2, 0.25) is 0 Å². The number of hydrogen-bond acceptors (Lipinski definition) is 4. The van der Waals surface area contributed by atoms with Gasteiger partial charge in [0.05, 0.1) is 12.4 Å². The third-order valence-corrected chi connectivity index (χ3v) is 4.82. The Morgan fingerprint density at radius 1 is 1.18 bits per heavy atom. The van der Waals surface area contributed by atoms with Crippen molar-refractivity contribution in [1.82, 2.24) is 9.97 Å². The Balaban J connectivity index is 1.47. The van der Waals surface area contributed by atoms with Gasteiger partial charge in [-0.2, -0.15) is 5.26 Å². The van der Waals surface area contributed by atoms with Crippen molar-refractivity contribution in [2.24, 2.45) is 23.7 Å². The number of hydrogen-bond donors (Lipinski definition) is 1. The molecule has 0 spiro atoms. The van der Waals surface area contributed by atoms with Crippen molar-refractivity contribution in [3.05, 3.63) is 18.1 Å². The molecule has 2 bridgehead atoms. The normalized spacial score (nSPS) is 40.8. The average molecular weight is 226 g/mol. The third kappa shape index (κ3) is 1.28. The van der Waals surface area contributed by atoms with E-state index in [0.717, 1.165) is 29.5 Å². The number of nitrogens with one attached hydrogen (secondary N) is 1. The molecule has 4 nitrogen and oxygen atoms in total. The van der Waals surface area contributed by atoms with Crippen LogP contribution in [0.25, 0.3) is 0 Å². The summed E-state index contributed by atoms with van der Waals surface area (Å²) in [4.78, 5) is 8.27. The molecule has 17 heavy (non-hydrogen) atoms. The molecule has 0 aliphatic heterocycles. The van der Waals surface area contributed by atoms with Gasteiger partial charge in [-0.1, -0.05) is 0 Å². The first-order chi connectivity index (χ1) is 8.36. The molecule has 0 amide bonds. The van der Waals surface area contributed by atoms with Crippen LogP contribution in [-0.4, -0.2) is 16.0 Å². The molecule has 3 fully saturated rings. The Kier molecular flexibility index (Phi) is 1.77. The molecule has 4 unspecified atom stereocenters. The molecule has 3 saturated carbocycles. The molecule has 4 heteroatoms. The Morgan fingerprint density at radius 3 is 2.53 bits per heavy atom. The number of nitriles is 1. The van der Waals surface area contributed by atoms with Crippen molar-refractivity contribution < 1.29 is 0 Å². The van der Waals surface area contributed by atoms with Gasteiger partial charge < -0.3 is 5.32 Å². The molecule has 1 aromatic heterocycles. The first-order valence-electron chi connectivity index (χ1n) is 6.35. The van der Waals surface area contributed by atoms with E-state index in [-0.39, 0.29) is 0 Å². The molecular weight excluding hydrogens is 212 g/mol. The van der Waals surface area contributed by atoms with Gasteiger partial charge in [0.1, 0.15) is 11.9 Å². The van der Waals surface area contributed by atoms with E-state index in [2.05, 4.69) is 15.3 Å². The van der Waals surface area contributed by atoms with Gasteiger partial charge >= 0.3 is 0 Å². The van der Waals surface area contributed by atoms with Crippen LogP contribution < -0.4 is 5.32 Å². The molecule has 0 aromatic carbocycles. The molecule has 4 rings (SSSR count). The summed E-state index contributed by atoms with van der Waals surface area (Å²) in [7, 11) is 0. The summed E-state index contributed by atoms with van der Waals surface area (Å²) in [5.74, 6) is 4.54. The first-order valence-corrected chi connectivity index (χ1v) is 6.35. The molecule has 0 radical (unpaired) electrons. The van der Waals surface area contributed by atoms with Gasteiger partial charge in [0.25, 0.3) is 0 Å². The summed E-state index contributed by atoms with van der Waals surface area (Å²) in [5.41, 5.74) is 0.381. The molecule has 3 aliphatic carbocycles. The van der Waals surface area contributed by atoms with Gasteiger partial charge in [0.2, 0.25) is 0 Å². The number of nitrogens with zero attached hydrogens (tertiary/aromatic N) is 3. The maximum atomic E-state index is 8.66. The minimum atomic E-state index is 0.381. The number of rotatable bonds is 2. The lowest BCUT2D eigenvalue weighted by Crippen LogP contribution is -2.13. The van der Waals surface area contributed by atoms with Crippen LogP contribution in [0.1, 0.15) is 25.0 Å². The molecular formula is C13H14N4. The lowest BCUT2D eigenvalue weighted by molar-refractivity contribution is 0.456. The fourth-order valence-electron chi connectivity index (χ4n) is 4.15. The second kappa shape index (κ2) is 3.19. The Labute approximate surface area is 100 Å². The minimum absolute atomic E-state index is 0.381. The van der Waals surface area contributed by atoms with Crippen molar-refractivity contribution in [2.75, 3.05) is 5.32 Å². The molecule has 1 aromatic rings. The van der Waals surface area contributed by atoms with Gasteiger partial charge in [0, 0.05) is 6.04 Å². The quantitative estimate of drug-likeness (QED) is 0.835. The summed E-state index contributed by atoms with van der Waals surface area (Å²) in [6.07, 6.45) is 7.54. The van der Waals surface area contributed by atoms with Crippen molar-refractivity contribution >= 4 is 5.82 Å². The Morgan fingerprint density at radius 2 is 1.94 bits per heavy atom. The molecule has 4 atom stereocenters. The van der Waals surface area contributed by atoms with E-state index in [1.807, 2.05) is 6.07 Å². The molecule has 86 valence electrons. The highest BCUT2D eigenvalue weighted by atomic mass is 15.1. The summed E-state index contributed by atoms with van der Waals surface area (Å²) in [5, 5.41) is 12.1. The molecule has 1 heterocycles. The van der Waals surface area contributed by atoms with Crippen LogP contribution in [0.5, 0.6) is 0 Å². The van der Waals surface area contributed by atoms with E-state index < -0.39 is 0 Å². The number of anilines is 1. The topological polar surface area (TPSA) is 61.6 Å². The predicted molar refractivity (Wildman–Crippen MR) is 62.0 cm³/mol. The van der Waals surface area contributed by atoms with Gasteiger partial charge in [-0.25, -0.2) is 9.97 Å². The maximum Gasteiger partial charge on any atom is 0.158 e. The van der Waals surface area contributed by atoms with Crippen molar-refractivity contribution in [1.29, 1.82) is 5.26 Å². The summed E-state index contributed by atoms with van der Waals surface area (Å²) < 4.78 is 0. The van der Waals surface area contributed by atoms with E-state index in [1.165, 1.54) is 25.5 Å². The monoisotopic (exact) mass is 226 g/mol. The van der Waals surface area contributed by atoms with E-state index in [0.29, 0.717) is 11.7 Å². The predicted octanol–water partition coefficient (Wildman–Crippen LogP) is 1.80. The van der Waals surface area contributed by atoms with E-state index >= 15 is 0 Å². The highest BCUT2D eigenvalue weighted by molar-refractivity contribution is 5.39. The zero-order valence-corrected chi connectivity index (χ0v) is 9.50. The van der Waals surface area contributed by atoms with Crippen LogP contribution in [-0.2, 0) is 0 Å². The van der Waals surface area contributed by atoms with Crippen molar-refractivity contribution in [3.8, 4) is 6.07 Å². The van der Waals surface area contributed by atoms with Crippen LogP contribution in [0.15, 0.2) is 12.4 Å². The van der Waals surface area contributed by atoms with E-state index in [1.54, 1.807) is 6.20 Å². The summed E-state index contributed by atoms with van der Waals surface area (Å²) >= 11 is 0. The lowest BCUT2D eigenvalue weighted by Gasteiger charge is -2.10.